The summed E-state index contributed by atoms with van der Waals surface area (Å²) in [5.74, 6) is -0.486. The van der Waals surface area contributed by atoms with E-state index in [-0.39, 0.29) is 11.6 Å². The molecule has 2 unspecified atom stereocenters. The zero-order valence-electron chi connectivity index (χ0n) is 12.1. The standard InChI is InChI=1S/C17H19NO2/c1-4-6-8-12-14(11(3)5-2)16(19)13-9-7-10-18-15(13)17(12)20/h4,6-10,13,15H,5H2,1-3H3/b6-4-,12-8+,14-11-. The number of fused-ring (bicyclic) bond motifs is 1. The lowest BCUT2D eigenvalue weighted by atomic mass is 9.74. The molecule has 1 aliphatic heterocycles. The van der Waals surface area contributed by atoms with Gasteiger partial charge in [0.2, 0.25) is 0 Å². The number of ketones is 2. The first-order valence-corrected chi connectivity index (χ1v) is 6.93. The fraction of sp³-hybridized carbons (Fsp3) is 0.353. The molecule has 2 atom stereocenters. The second kappa shape index (κ2) is 5.95. The van der Waals surface area contributed by atoms with Crippen molar-refractivity contribution in [2.75, 3.05) is 0 Å². The van der Waals surface area contributed by atoms with Crippen molar-refractivity contribution >= 4 is 17.8 Å². The van der Waals surface area contributed by atoms with Gasteiger partial charge in [0.05, 0.1) is 5.92 Å². The van der Waals surface area contributed by atoms with Gasteiger partial charge in [-0.1, -0.05) is 36.8 Å². The van der Waals surface area contributed by atoms with Crippen LogP contribution in [0.1, 0.15) is 27.2 Å². The van der Waals surface area contributed by atoms with Crippen molar-refractivity contribution in [2.24, 2.45) is 10.9 Å². The van der Waals surface area contributed by atoms with E-state index in [2.05, 4.69) is 4.99 Å². The lowest BCUT2D eigenvalue weighted by molar-refractivity contribution is -0.126. The van der Waals surface area contributed by atoms with Crippen molar-refractivity contribution in [1.82, 2.24) is 0 Å². The number of allylic oxidation sites excluding steroid dienone is 6. The van der Waals surface area contributed by atoms with E-state index in [1.54, 1.807) is 30.5 Å². The van der Waals surface area contributed by atoms with Gasteiger partial charge in [-0.2, -0.15) is 0 Å². The van der Waals surface area contributed by atoms with Crippen molar-refractivity contribution in [1.29, 1.82) is 0 Å². The van der Waals surface area contributed by atoms with E-state index in [1.165, 1.54) is 0 Å². The topological polar surface area (TPSA) is 46.5 Å². The van der Waals surface area contributed by atoms with Crippen LogP contribution in [-0.2, 0) is 9.59 Å². The van der Waals surface area contributed by atoms with Gasteiger partial charge in [0, 0.05) is 17.4 Å². The molecule has 1 heterocycles. The van der Waals surface area contributed by atoms with Crippen LogP contribution in [0.15, 0.2) is 52.1 Å². The largest absolute Gasteiger partial charge is 0.293 e. The molecule has 0 aromatic heterocycles. The van der Waals surface area contributed by atoms with E-state index in [0.29, 0.717) is 11.1 Å². The Bertz CT molecular complexity index is 588. The van der Waals surface area contributed by atoms with Crippen molar-refractivity contribution in [3.8, 4) is 0 Å². The van der Waals surface area contributed by atoms with Crippen molar-refractivity contribution in [2.45, 2.75) is 33.2 Å². The van der Waals surface area contributed by atoms with E-state index in [0.717, 1.165) is 12.0 Å². The third kappa shape index (κ3) is 2.36. The number of hydrogen-bond acceptors (Lipinski definition) is 3. The predicted molar refractivity (Wildman–Crippen MR) is 80.8 cm³/mol. The van der Waals surface area contributed by atoms with Gasteiger partial charge in [0.1, 0.15) is 6.04 Å². The maximum atomic E-state index is 12.7. The molecule has 1 aliphatic carbocycles. The molecule has 0 N–H and O–H groups in total. The zero-order chi connectivity index (χ0) is 14.7. The van der Waals surface area contributed by atoms with E-state index in [1.807, 2.05) is 26.8 Å². The minimum Gasteiger partial charge on any atom is -0.293 e. The maximum Gasteiger partial charge on any atom is 0.189 e. The SMILES string of the molecule is C\C=C/C=C1/C(=O)C2N=CC=CC2C(=O)/C1=C(/C)CC. The molecule has 0 amide bonds. The summed E-state index contributed by atoms with van der Waals surface area (Å²) in [6.45, 7) is 5.79. The van der Waals surface area contributed by atoms with Crippen LogP contribution >= 0.6 is 0 Å². The highest BCUT2D eigenvalue weighted by Crippen LogP contribution is 2.34. The first-order chi connectivity index (χ1) is 9.61. The Hall–Kier alpha value is -2.03. The predicted octanol–water partition coefficient (Wildman–Crippen LogP) is 2.99. The quantitative estimate of drug-likeness (QED) is 0.723. The zero-order valence-corrected chi connectivity index (χ0v) is 12.1. The van der Waals surface area contributed by atoms with Gasteiger partial charge in [0.15, 0.2) is 11.6 Å². The molecule has 3 heteroatoms. The van der Waals surface area contributed by atoms with Gasteiger partial charge in [-0.25, -0.2) is 0 Å². The molecule has 0 aromatic rings. The molecule has 3 nitrogen and oxygen atoms in total. The number of rotatable bonds is 2. The van der Waals surface area contributed by atoms with Crippen molar-refractivity contribution < 1.29 is 9.59 Å². The van der Waals surface area contributed by atoms with Gasteiger partial charge >= 0.3 is 0 Å². The molecule has 20 heavy (non-hydrogen) atoms. The van der Waals surface area contributed by atoms with Crippen LogP contribution in [0.3, 0.4) is 0 Å². The van der Waals surface area contributed by atoms with Gasteiger partial charge in [-0.15, -0.1) is 0 Å². The van der Waals surface area contributed by atoms with Crippen molar-refractivity contribution in [3.05, 3.63) is 47.1 Å². The van der Waals surface area contributed by atoms with Crippen molar-refractivity contribution in [3.63, 3.8) is 0 Å². The smallest absolute Gasteiger partial charge is 0.189 e. The Morgan fingerprint density at radius 1 is 1.35 bits per heavy atom. The molecule has 2 aliphatic rings. The number of carbonyl (C=O) groups is 2. The summed E-state index contributed by atoms with van der Waals surface area (Å²) in [6, 6.07) is -0.586. The molecule has 0 radical (unpaired) electrons. The molecule has 0 aromatic carbocycles. The Balaban J connectivity index is 2.59. The third-order valence-electron chi connectivity index (χ3n) is 3.76. The lowest BCUT2D eigenvalue weighted by Gasteiger charge is -2.30. The Morgan fingerprint density at radius 3 is 2.75 bits per heavy atom. The molecule has 1 saturated carbocycles. The van der Waals surface area contributed by atoms with Gasteiger partial charge < -0.3 is 0 Å². The van der Waals surface area contributed by atoms with Crippen LogP contribution in [0.5, 0.6) is 0 Å². The minimum atomic E-state index is -0.586. The monoisotopic (exact) mass is 269 g/mol. The number of nitrogens with zero attached hydrogens (tertiary/aromatic N) is 1. The van der Waals surface area contributed by atoms with Gasteiger partial charge in [0.25, 0.3) is 0 Å². The van der Waals surface area contributed by atoms with Gasteiger partial charge in [-0.3, -0.25) is 14.6 Å². The molecule has 0 bridgehead atoms. The number of aliphatic imine (C=N–C) groups is 1. The molecule has 0 saturated heterocycles. The number of carbonyl (C=O) groups excluding carboxylic acids is 2. The van der Waals surface area contributed by atoms with E-state index < -0.39 is 12.0 Å². The second-order valence-corrected chi connectivity index (χ2v) is 5.00. The Labute approximate surface area is 119 Å². The second-order valence-electron chi connectivity index (χ2n) is 5.00. The Kier molecular flexibility index (Phi) is 4.28. The molecule has 0 spiro atoms. The maximum absolute atomic E-state index is 12.7. The van der Waals surface area contributed by atoms with Crippen LogP contribution in [0.2, 0.25) is 0 Å². The fourth-order valence-corrected chi connectivity index (χ4v) is 2.53. The summed E-state index contributed by atoms with van der Waals surface area (Å²) >= 11 is 0. The van der Waals surface area contributed by atoms with Crippen LogP contribution in [-0.4, -0.2) is 23.8 Å². The lowest BCUT2D eigenvalue weighted by Crippen LogP contribution is -2.42. The van der Waals surface area contributed by atoms with Crippen LogP contribution in [0.4, 0.5) is 0 Å². The van der Waals surface area contributed by atoms with E-state index in [9.17, 15) is 9.59 Å². The summed E-state index contributed by atoms with van der Waals surface area (Å²) in [5, 5.41) is 0. The highest BCUT2D eigenvalue weighted by Gasteiger charge is 2.43. The molecule has 2 rings (SSSR count). The first-order valence-electron chi connectivity index (χ1n) is 6.93. The van der Waals surface area contributed by atoms with Crippen LogP contribution in [0, 0.1) is 5.92 Å². The number of hydrogen-bond donors (Lipinski definition) is 0. The summed E-state index contributed by atoms with van der Waals surface area (Å²) in [6.07, 6.45) is 11.3. The molecule has 1 fully saturated rings. The average Bonchev–Trinajstić information content (AvgIpc) is 2.48. The number of dihydropyridines is 1. The highest BCUT2D eigenvalue weighted by atomic mass is 16.1. The molecular weight excluding hydrogens is 250 g/mol. The van der Waals surface area contributed by atoms with E-state index in [4.69, 9.17) is 0 Å². The first kappa shape index (κ1) is 14.4. The summed E-state index contributed by atoms with van der Waals surface area (Å²) in [4.78, 5) is 29.5. The summed E-state index contributed by atoms with van der Waals surface area (Å²) < 4.78 is 0. The summed E-state index contributed by atoms with van der Waals surface area (Å²) in [5.41, 5.74) is 2.04. The molecule has 104 valence electrons. The minimum absolute atomic E-state index is 0.0119. The van der Waals surface area contributed by atoms with Gasteiger partial charge in [-0.05, 0) is 26.3 Å². The Morgan fingerprint density at radius 2 is 2.10 bits per heavy atom. The fourth-order valence-electron chi connectivity index (χ4n) is 2.53. The highest BCUT2D eigenvalue weighted by molar-refractivity contribution is 6.22. The van der Waals surface area contributed by atoms with Crippen LogP contribution in [0.25, 0.3) is 0 Å². The van der Waals surface area contributed by atoms with Crippen LogP contribution < -0.4 is 0 Å². The third-order valence-corrected chi connectivity index (χ3v) is 3.76. The summed E-state index contributed by atoms with van der Waals surface area (Å²) in [7, 11) is 0. The average molecular weight is 269 g/mol. The molecular formula is C17H19NO2. The normalized spacial score (nSPS) is 30.2. The number of Topliss-reactive ketones (excluding diaryl/α,β-unsaturated/α-hetero) is 2. The van der Waals surface area contributed by atoms with E-state index >= 15 is 0 Å².